The third-order valence-corrected chi connectivity index (χ3v) is 5.60. The molecule has 0 aromatic carbocycles. The van der Waals surface area contributed by atoms with Crippen LogP contribution in [0.1, 0.15) is 54.4 Å². The highest BCUT2D eigenvalue weighted by molar-refractivity contribution is 5.90. The lowest BCUT2D eigenvalue weighted by Gasteiger charge is -2.40. The molecule has 0 spiro atoms. The fourth-order valence-corrected chi connectivity index (χ4v) is 3.67. The Balaban J connectivity index is 5.72. The van der Waals surface area contributed by atoms with E-state index in [1.54, 1.807) is 19.0 Å². The van der Waals surface area contributed by atoms with Gasteiger partial charge in [-0.1, -0.05) is 48.0 Å². The van der Waals surface area contributed by atoms with Crippen molar-refractivity contribution in [3.63, 3.8) is 0 Å². The van der Waals surface area contributed by atoms with Crippen molar-refractivity contribution in [1.29, 1.82) is 0 Å². The van der Waals surface area contributed by atoms with Gasteiger partial charge in [-0.25, -0.2) is 0 Å². The number of carbonyl (C=O) groups is 3. The molecule has 0 saturated heterocycles. The van der Waals surface area contributed by atoms with Crippen LogP contribution in [0.3, 0.4) is 0 Å². The van der Waals surface area contributed by atoms with Crippen LogP contribution in [0.4, 0.5) is 0 Å². The number of primary amides is 1. The van der Waals surface area contributed by atoms with Gasteiger partial charge in [0.2, 0.25) is 17.7 Å². The zero-order valence-electron chi connectivity index (χ0n) is 19.6. The Labute approximate surface area is 176 Å². The van der Waals surface area contributed by atoms with E-state index in [-0.39, 0.29) is 48.1 Å². The maximum Gasteiger partial charge on any atom is 0.245 e. The second kappa shape index (κ2) is 12.8. The molecule has 0 rings (SSSR count). The van der Waals surface area contributed by atoms with Gasteiger partial charge in [0.15, 0.2) is 0 Å². The minimum absolute atomic E-state index is 0.0248. The maximum absolute atomic E-state index is 13.4. The van der Waals surface area contributed by atoms with Gasteiger partial charge in [-0.3, -0.25) is 14.4 Å². The van der Waals surface area contributed by atoms with E-state index in [4.69, 9.17) is 10.5 Å². The molecule has 0 aliphatic rings. The van der Waals surface area contributed by atoms with Crippen LogP contribution in [-0.2, 0) is 19.1 Å². The van der Waals surface area contributed by atoms with Crippen molar-refractivity contribution in [3.05, 3.63) is 0 Å². The molecule has 0 unspecified atom stereocenters. The van der Waals surface area contributed by atoms with Gasteiger partial charge in [0.25, 0.3) is 0 Å². The topological polar surface area (TPSA) is 114 Å². The van der Waals surface area contributed by atoms with E-state index in [1.807, 2.05) is 41.5 Å². The predicted molar refractivity (Wildman–Crippen MR) is 115 cm³/mol. The van der Waals surface area contributed by atoms with Crippen LogP contribution in [0.15, 0.2) is 0 Å². The number of ether oxygens (including phenoxy) is 1. The van der Waals surface area contributed by atoms with E-state index in [1.165, 1.54) is 7.11 Å². The first-order chi connectivity index (χ1) is 13.4. The summed E-state index contributed by atoms with van der Waals surface area (Å²) >= 11 is 0. The number of hydrogen-bond donors (Lipinski definition) is 3. The van der Waals surface area contributed by atoms with Crippen LogP contribution in [0.2, 0.25) is 0 Å². The van der Waals surface area contributed by atoms with Gasteiger partial charge in [0, 0.05) is 14.2 Å². The van der Waals surface area contributed by atoms with E-state index < -0.39 is 18.1 Å². The number of nitrogens with zero attached hydrogens (tertiary/aromatic N) is 1. The summed E-state index contributed by atoms with van der Waals surface area (Å²) in [6, 6.07) is -1.41. The zero-order chi connectivity index (χ0) is 22.9. The molecule has 5 atom stereocenters. The summed E-state index contributed by atoms with van der Waals surface area (Å²) in [5.41, 5.74) is 5.39. The molecule has 0 aliphatic heterocycles. The van der Waals surface area contributed by atoms with E-state index in [9.17, 15) is 14.4 Å². The molecule has 0 aliphatic carbocycles. The molecule has 0 bridgehead atoms. The molecule has 8 nitrogen and oxygen atoms in total. The van der Waals surface area contributed by atoms with Crippen LogP contribution in [0.5, 0.6) is 0 Å². The Morgan fingerprint density at radius 2 is 1.55 bits per heavy atom. The number of likely N-dealkylation sites (N-methyl/N-ethyl adjacent to an activating group) is 2. The summed E-state index contributed by atoms with van der Waals surface area (Å²) in [4.78, 5) is 39.2. The molecule has 8 heteroatoms. The maximum atomic E-state index is 13.4. The summed E-state index contributed by atoms with van der Waals surface area (Å²) in [6.07, 6.45) is 0.312. The SMILES string of the molecule is CC[C@H](C)[C@@H]([C@@H](CC(N)=O)OC)N(C)C(=O)[C@@H](NC(=O)[C@@H](NC)C(C)C)C(C)C. The number of carbonyl (C=O) groups excluding carboxylic acids is 3. The van der Waals surface area contributed by atoms with Gasteiger partial charge < -0.3 is 26.0 Å². The van der Waals surface area contributed by atoms with Crippen LogP contribution < -0.4 is 16.4 Å². The molecule has 29 heavy (non-hydrogen) atoms. The first-order valence-corrected chi connectivity index (χ1v) is 10.5. The smallest absolute Gasteiger partial charge is 0.245 e. The summed E-state index contributed by atoms with van der Waals surface area (Å²) < 4.78 is 5.53. The second-order valence-electron chi connectivity index (χ2n) is 8.51. The van der Waals surface area contributed by atoms with E-state index in [0.29, 0.717) is 0 Å². The van der Waals surface area contributed by atoms with Crippen molar-refractivity contribution < 1.29 is 19.1 Å². The van der Waals surface area contributed by atoms with Crippen LogP contribution in [0, 0.1) is 17.8 Å². The molecule has 170 valence electrons. The molecule has 0 heterocycles. The van der Waals surface area contributed by atoms with Gasteiger partial charge in [0.1, 0.15) is 6.04 Å². The average Bonchev–Trinajstić information content (AvgIpc) is 2.63. The number of nitrogens with one attached hydrogen (secondary N) is 2. The lowest BCUT2D eigenvalue weighted by molar-refractivity contribution is -0.144. The Morgan fingerprint density at radius 3 is 1.90 bits per heavy atom. The third kappa shape index (κ3) is 7.93. The highest BCUT2D eigenvalue weighted by Crippen LogP contribution is 2.23. The monoisotopic (exact) mass is 414 g/mol. The molecule has 0 radical (unpaired) electrons. The molecule has 0 aromatic heterocycles. The highest BCUT2D eigenvalue weighted by atomic mass is 16.5. The Bertz CT molecular complexity index is 539. The Morgan fingerprint density at radius 1 is 1.03 bits per heavy atom. The number of hydrogen-bond acceptors (Lipinski definition) is 5. The summed E-state index contributed by atoms with van der Waals surface area (Å²) in [5.74, 6) is -0.825. The van der Waals surface area contributed by atoms with Crippen molar-refractivity contribution in [3.8, 4) is 0 Å². The standard InChI is InChI=1S/C21H42N4O4/c1-10-14(6)19(15(29-9)11-16(22)26)25(8)21(28)18(13(4)5)24-20(27)17(23-7)12(2)3/h12-15,17-19,23H,10-11H2,1-9H3,(H2,22,26)(H,24,27)/t14-,15+,17-,18-,19-/m0/s1. The van der Waals surface area contributed by atoms with Gasteiger partial charge in [-0.05, 0) is 24.8 Å². The minimum Gasteiger partial charge on any atom is -0.379 e. The highest BCUT2D eigenvalue weighted by Gasteiger charge is 2.37. The Hall–Kier alpha value is -1.67. The first-order valence-electron chi connectivity index (χ1n) is 10.5. The van der Waals surface area contributed by atoms with Crippen molar-refractivity contribution in [2.75, 3.05) is 21.2 Å². The predicted octanol–water partition coefficient (Wildman–Crippen LogP) is 1.13. The number of nitrogens with two attached hydrogens (primary N) is 1. The first kappa shape index (κ1) is 27.3. The van der Waals surface area contributed by atoms with Crippen molar-refractivity contribution in [1.82, 2.24) is 15.5 Å². The fraction of sp³-hybridized carbons (Fsp3) is 0.857. The fourth-order valence-electron chi connectivity index (χ4n) is 3.67. The van der Waals surface area contributed by atoms with Crippen LogP contribution in [-0.4, -0.2) is 68.1 Å². The van der Waals surface area contributed by atoms with E-state index >= 15 is 0 Å². The summed E-state index contributed by atoms with van der Waals surface area (Å²) in [7, 11) is 4.95. The third-order valence-electron chi connectivity index (χ3n) is 5.60. The molecular weight excluding hydrogens is 372 g/mol. The van der Waals surface area contributed by atoms with Gasteiger partial charge >= 0.3 is 0 Å². The molecular formula is C21H42N4O4. The van der Waals surface area contributed by atoms with Crippen LogP contribution in [0.25, 0.3) is 0 Å². The molecule has 0 aromatic rings. The Kier molecular flexibility index (Phi) is 12.1. The summed E-state index contributed by atoms with van der Waals surface area (Å²) in [5, 5.41) is 5.92. The summed E-state index contributed by atoms with van der Waals surface area (Å²) in [6.45, 7) is 11.7. The molecule has 0 fully saturated rings. The van der Waals surface area contributed by atoms with Crippen molar-refractivity contribution >= 4 is 17.7 Å². The van der Waals surface area contributed by atoms with Crippen LogP contribution >= 0.6 is 0 Å². The van der Waals surface area contributed by atoms with Gasteiger partial charge in [-0.15, -0.1) is 0 Å². The molecule has 0 saturated carbocycles. The zero-order valence-corrected chi connectivity index (χ0v) is 19.6. The lowest BCUT2D eigenvalue weighted by atomic mass is 9.90. The van der Waals surface area contributed by atoms with E-state index in [2.05, 4.69) is 10.6 Å². The van der Waals surface area contributed by atoms with Crippen molar-refractivity contribution in [2.45, 2.75) is 78.6 Å². The van der Waals surface area contributed by atoms with Gasteiger partial charge in [-0.2, -0.15) is 0 Å². The van der Waals surface area contributed by atoms with Gasteiger partial charge in [0.05, 0.1) is 24.6 Å². The quantitative estimate of drug-likeness (QED) is 0.418. The van der Waals surface area contributed by atoms with Crippen molar-refractivity contribution in [2.24, 2.45) is 23.5 Å². The number of rotatable bonds is 13. The lowest BCUT2D eigenvalue weighted by Crippen LogP contribution is -2.59. The average molecular weight is 415 g/mol. The number of amides is 3. The normalized spacial score (nSPS) is 16.8. The molecule has 3 amide bonds. The number of methoxy groups -OCH3 is 1. The second-order valence-corrected chi connectivity index (χ2v) is 8.51. The molecule has 4 N–H and O–H groups in total. The minimum atomic E-state index is -0.681. The van der Waals surface area contributed by atoms with E-state index in [0.717, 1.165) is 6.42 Å². The largest absolute Gasteiger partial charge is 0.379 e.